The van der Waals surface area contributed by atoms with Crippen molar-refractivity contribution in [2.45, 2.75) is 23.8 Å². The van der Waals surface area contributed by atoms with Gasteiger partial charge in [0.25, 0.3) is 5.91 Å². The molecule has 7 nitrogen and oxygen atoms in total. The second-order valence-corrected chi connectivity index (χ2v) is 6.43. The fraction of sp³-hybridized carbons (Fsp3) is 0.500. The van der Waals surface area contributed by atoms with Crippen LogP contribution in [0, 0.1) is 0 Å². The van der Waals surface area contributed by atoms with Crippen molar-refractivity contribution in [3.63, 3.8) is 0 Å². The van der Waals surface area contributed by atoms with Crippen LogP contribution in [0.5, 0.6) is 0 Å². The maximum atomic E-state index is 11.9. The molecule has 19 heavy (non-hydrogen) atoms. The first kappa shape index (κ1) is 14.5. The van der Waals surface area contributed by atoms with Crippen molar-refractivity contribution in [2.75, 3.05) is 13.2 Å². The van der Waals surface area contributed by atoms with Gasteiger partial charge in [-0.2, -0.15) is 0 Å². The molecule has 0 spiro atoms. The number of primary sulfonamides is 1. The van der Waals surface area contributed by atoms with Gasteiger partial charge in [-0.05, 0) is 28.8 Å². The van der Waals surface area contributed by atoms with Gasteiger partial charge in [0.15, 0.2) is 10.4 Å². The number of amides is 1. The van der Waals surface area contributed by atoms with E-state index in [1.165, 1.54) is 0 Å². The highest BCUT2D eigenvalue weighted by atomic mass is 79.9. The number of carbonyl (C=O) groups is 1. The highest BCUT2D eigenvalue weighted by Crippen LogP contribution is 2.25. The van der Waals surface area contributed by atoms with Crippen LogP contribution in [0.25, 0.3) is 0 Å². The molecule has 0 radical (unpaired) electrons. The molecule has 0 aromatic carbocycles. The molecule has 0 bridgehead atoms. The summed E-state index contributed by atoms with van der Waals surface area (Å²) >= 11 is 2.92. The molecule has 1 atom stereocenters. The summed E-state index contributed by atoms with van der Waals surface area (Å²) in [6.07, 6.45) is 1.69. The molecule has 1 aliphatic heterocycles. The van der Waals surface area contributed by atoms with E-state index in [1.54, 1.807) is 0 Å². The van der Waals surface area contributed by atoms with Crippen LogP contribution in [0.3, 0.4) is 0 Å². The normalized spacial score (nSPS) is 20.2. The fourth-order valence-electron chi connectivity index (χ4n) is 1.77. The van der Waals surface area contributed by atoms with Gasteiger partial charge in [0, 0.05) is 12.7 Å². The lowest BCUT2D eigenvalue weighted by atomic mass is 10.1. The van der Waals surface area contributed by atoms with Crippen molar-refractivity contribution in [3.05, 3.63) is 16.5 Å². The first-order valence-corrected chi connectivity index (χ1v) is 7.92. The van der Waals surface area contributed by atoms with Gasteiger partial charge < -0.3 is 14.5 Å². The zero-order chi connectivity index (χ0) is 14.0. The number of sulfonamides is 1. The molecule has 2 rings (SSSR count). The van der Waals surface area contributed by atoms with Crippen LogP contribution in [0.4, 0.5) is 0 Å². The quantitative estimate of drug-likeness (QED) is 0.827. The maximum Gasteiger partial charge on any atom is 0.287 e. The molecule has 3 N–H and O–H groups in total. The van der Waals surface area contributed by atoms with Gasteiger partial charge in [0.1, 0.15) is 4.90 Å². The van der Waals surface area contributed by atoms with Crippen LogP contribution in [0.2, 0.25) is 0 Å². The third kappa shape index (κ3) is 3.56. The van der Waals surface area contributed by atoms with Crippen molar-refractivity contribution in [2.24, 2.45) is 5.14 Å². The summed E-state index contributed by atoms with van der Waals surface area (Å²) in [5.74, 6) is -0.604. The number of furan rings is 1. The fourth-order valence-corrected chi connectivity index (χ4v) is 3.27. The lowest BCUT2D eigenvalue weighted by Gasteiger charge is -2.22. The summed E-state index contributed by atoms with van der Waals surface area (Å²) in [5, 5.41) is 7.70. The van der Waals surface area contributed by atoms with E-state index in [9.17, 15) is 13.2 Å². The Labute approximate surface area is 118 Å². The molecule has 1 aromatic rings. The molecule has 2 heterocycles. The number of hydrogen-bond acceptors (Lipinski definition) is 5. The molecule has 106 valence electrons. The Bertz CT molecular complexity index is 577. The standard InChI is InChI=1S/C10H13BrN2O5S/c11-9-8(19(12,15)16)4-7(18-9)10(14)13-6-2-1-3-17-5-6/h4,6H,1-3,5H2,(H,13,14)(H2,12,15,16). The first-order valence-electron chi connectivity index (χ1n) is 5.58. The van der Waals surface area contributed by atoms with Crippen LogP contribution in [-0.4, -0.2) is 33.6 Å². The minimum atomic E-state index is -3.92. The third-order valence-electron chi connectivity index (χ3n) is 2.68. The summed E-state index contributed by atoms with van der Waals surface area (Å²) in [6, 6.07) is 1.00. The number of carbonyl (C=O) groups excluding carboxylic acids is 1. The maximum absolute atomic E-state index is 11.9. The van der Waals surface area contributed by atoms with E-state index in [4.69, 9.17) is 14.3 Å². The van der Waals surface area contributed by atoms with Gasteiger partial charge in [-0.3, -0.25) is 4.79 Å². The molecule has 1 fully saturated rings. The van der Waals surface area contributed by atoms with E-state index < -0.39 is 15.9 Å². The molecule has 1 aliphatic rings. The zero-order valence-electron chi connectivity index (χ0n) is 9.89. The van der Waals surface area contributed by atoms with Crippen LogP contribution in [-0.2, 0) is 14.8 Å². The Morgan fingerprint density at radius 1 is 1.53 bits per heavy atom. The SMILES string of the molecule is NS(=O)(=O)c1cc(C(=O)NC2CCCOC2)oc1Br. The minimum Gasteiger partial charge on any atom is -0.443 e. The summed E-state index contributed by atoms with van der Waals surface area (Å²) in [5.41, 5.74) is 0. The Hall–Kier alpha value is -0.900. The van der Waals surface area contributed by atoms with Crippen LogP contribution in [0.1, 0.15) is 23.4 Å². The minimum absolute atomic E-state index is 0.0833. The molecule has 1 amide bonds. The molecular weight excluding hydrogens is 340 g/mol. The average molecular weight is 353 g/mol. The predicted molar refractivity (Wildman–Crippen MR) is 69.1 cm³/mol. The van der Waals surface area contributed by atoms with Gasteiger partial charge >= 0.3 is 0 Å². The second-order valence-electron chi connectivity index (χ2n) is 4.18. The smallest absolute Gasteiger partial charge is 0.287 e. The summed E-state index contributed by atoms with van der Waals surface area (Å²) in [7, 11) is -3.92. The number of halogens is 1. The molecular formula is C10H13BrN2O5S. The van der Waals surface area contributed by atoms with Gasteiger partial charge in [-0.1, -0.05) is 0 Å². The Kier molecular flexibility index (Phi) is 4.29. The molecule has 1 unspecified atom stereocenters. The number of rotatable bonds is 3. The third-order valence-corrected chi connectivity index (χ3v) is 4.45. The van der Waals surface area contributed by atoms with Crippen LogP contribution < -0.4 is 10.5 Å². The van der Waals surface area contributed by atoms with E-state index in [0.29, 0.717) is 13.2 Å². The van der Waals surface area contributed by atoms with E-state index in [-0.39, 0.29) is 21.4 Å². The predicted octanol–water partition coefficient (Wildman–Crippen LogP) is 0.598. The molecule has 0 saturated carbocycles. The monoisotopic (exact) mass is 352 g/mol. The van der Waals surface area contributed by atoms with Crippen LogP contribution in [0.15, 0.2) is 20.0 Å². The van der Waals surface area contributed by atoms with Crippen molar-refractivity contribution in [3.8, 4) is 0 Å². The van der Waals surface area contributed by atoms with Crippen molar-refractivity contribution in [1.29, 1.82) is 0 Å². The summed E-state index contributed by atoms with van der Waals surface area (Å²) in [6.45, 7) is 1.13. The lowest BCUT2D eigenvalue weighted by Crippen LogP contribution is -2.40. The number of ether oxygens (including phenoxy) is 1. The van der Waals surface area contributed by atoms with Crippen molar-refractivity contribution < 1.29 is 22.4 Å². The van der Waals surface area contributed by atoms with Gasteiger partial charge in [-0.15, -0.1) is 0 Å². The van der Waals surface area contributed by atoms with Crippen molar-refractivity contribution >= 4 is 31.9 Å². The molecule has 1 saturated heterocycles. The largest absolute Gasteiger partial charge is 0.443 e. The van der Waals surface area contributed by atoms with Crippen molar-refractivity contribution in [1.82, 2.24) is 5.32 Å². The first-order chi connectivity index (χ1) is 8.88. The topological polar surface area (TPSA) is 112 Å². The van der Waals surface area contributed by atoms with E-state index in [0.717, 1.165) is 18.9 Å². The average Bonchev–Trinajstić information content (AvgIpc) is 2.72. The van der Waals surface area contributed by atoms with E-state index in [1.807, 2.05) is 0 Å². The van der Waals surface area contributed by atoms with Gasteiger partial charge in [-0.25, -0.2) is 13.6 Å². The Morgan fingerprint density at radius 2 is 2.26 bits per heavy atom. The van der Waals surface area contributed by atoms with E-state index in [2.05, 4.69) is 21.2 Å². The molecule has 1 aromatic heterocycles. The molecule has 9 heteroatoms. The number of nitrogens with two attached hydrogens (primary N) is 1. The number of nitrogens with one attached hydrogen (secondary N) is 1. The van der Waals surface area contributed by atoms with Crippen LogP contribution >= 0.6 is 15.9 Å². The number of hydrogen-bond donors (Lipinski definition) is 2. The zero-order valence-corrected chi connectivity index (χ0v) is 12.3. The summed E-state index contributed by atoms with van der Waals surface area (Å²) < 4.78 is 32.6. The Morgan fingerprint density at radius 3 is 2.79 bits per heavy atom. The van der Waals surface area contributed by atoms with Gasteiger partial charge in [0.2, 0.25) is 10.0 Å². The summed E-state index contributed by atoms with van der Waals surface area (Å²) in [4.78, 5) is 11.6. The highest BCUT2D eigenvalue weighted by molar-refractivity contribution is 9.10. The Balaban J connectivity index is 2.11. The lowest BCUT2D eigenvalue weighted by molar-refractivity contribution is 0.0611. The molecule has 0 aliphatic carbocycles. The second kappa shape index (κ2) is 5.61. The van der Waals surface area contributed by atoms with E-state index >= 15 is 0 Å². The van der Waals surface area contributed by atoms with Gasteiger partial charge in [0.05, 0.1) is 12.6 Å². The highest BCUT2D eigenvalue weighted by Gasteiger charge is 2.24.